The van der Waals surface area contributed by atoms with Crippen molar-refractivity contribution in [1.29, 1.82) is 0 Å². The van der Waals surface area contributed by atoms with Gasteiger partial charge in [0.05, 0.1) is 23.7 Å². The Morgan fingerprint density at radius 2 is 1.69 bits per heavy atom. The fourth-order valence-corrected chi connectivity index (χ4v) is 9.59. The first-order chi connectivity index (χ1) is 16.4. The summed E-state index contributed by atoms with van der Waals surface area (Å²) in [6.45, 7) is 18.8. The third kappa shape index (κ3) is 3.86. The number of carbonyl (C=O) groups is 1. The molecule has 204 valence electrons. The molecule has 5 nitrogen and oxygen atoms in total. The van der Waals surface area contributed by atoms with Gasteiger partial charge in [-0.25, -0.2) is 0 Å². The third-order valence-electron chi connectivity index (χ3n) is 12.2. The largest absolute Gasteiger partial charge is 0.481 e. The van der Waals surface area contributed by atoms with E-state index >= 15 is 0 Å². The van der Waals surface area contributed by atoms with Crippen molar-refractivity contribution in [2.45, 2.75) is 124 Å². The van der Waals surface area contributed by atoms with Crippen molar-refractivity contribution < 1.29 is 25.2 Å². The summed E-state index contributed by atoms with van der Waals surface area (Å²) in [6, 6.07) is 0. The van der Waals surface area contributed by atoms with Gasteiger partial charge in [-0.2, -0.15) is 0 Å². The molecule has 0 spiro atoms. The van der Waals surface area contributed by atoms with Gasteiger partial charge in [-0.05, 0) is 105 Å². The summed E-state index contributed by atoms with van der Waals surface area (Å²) in [7, 11) is 0. The number of aliphatic carboxylic acids is 1. The molecule has 36 heavy (non-hydrogen) atoms. The molecule has 0 unspecified atom stereocenters. The molecule has 0 heterocycles. The van der Waals surface area contributed by atoms with Gasteiger partial charge in [0.2, 0.25) is 0 Å². The standard InChI is InChI=1S/C31H50O5/c1-18(28(4,5)36)9-10-19(26(34)35)25-22(32)17-31(8)21-11-12-23-27(2,3)24(33)14-15-29(23,6)20(21)13-16-30(25,31)7/h19,22-25,32-33,36H,1,9-17H2,2-8H3,(H,34,35)/t19-,22-,23+,24-,25+,29-,30-,31+/m1/s1. The molecular weight excluding hydrogens is 452 g/mol. The quantitative estimate of drug-likeness (QED) is 0.340. The molecule has 8 atom stereocenters. The first kappa shape index (κ1) is 27.9. The molecular formula is C31H50O5. The number of hydrogen-bond donors (Lipinski definition) is 4. The molecule has 0 aromatic heterocycles. The first-order valence-electron chi connectivity index (χ1n) is 14.1. The van der Waals surface area contributed by atoms with Gasteiger partial charge in [-0.1, -0.05) is 52.3 Å². The van der Waals surface area contributed by atoms with Crippen LogP contribution in [0.4, 0.5) is 0 Å². The molecule has 5 heteroatoms. The zero-order valence-corrected chi connectivity index (χ0v) is 23.7. The van der Waals surface area contributed by atoms with Gasteiger partial charge in [-0.15, -0.1) is 0 Å². The zero-order chi connectivity index (χ0) is 27.1. The van der Waals surface area contributed by atoms with Crippen molar-refractivity contribution in [1.82, 2.24) is 0 Å². The Labute approximate surface area is 218 Å². The van der Waals surface area contributed by atoms with E-state index in [1.54, 1.807) is 19.4 Å². The molecule has 2 saturated carbocycles. The maximum Gasteiger partial charge on any atom is 0.306 e. The number of carboxylic acids is 1. The second-order valence-corrected chi connectivity index (χ2v) is 14.5. The lowest BCUT2D eigenvalue weighted by Crippen LogP contribution is -2.55. The summed E-state index contributed by atoms with van der Waals surface area (Å²) in [5, 5.41) is 43.0. The number of aliphatic hydroxyl groups is 3. The minimum Gasteiger partial charge on any atom is -0.481 e. The average molecular weight is 503 g/mol. The fraction of sp³-hybridized carbons (Fsp3) is 0.839. The van der Waals surface area contributed by atoms with E-state index in [1.165, 1.54) is 5.57 Å². The van der Waals surface area contributed by atoms with E-state index in [0.717, 1.165) is 38.5 Å². The molecule has 4 N–H and O–H groups in total. The van der Waals surface area contributed by atoms with E-state index in [0.29, 0.717) is 30.8 Å². The molecule has 0 saturated heterocycles. The number of allylic oxidation sites excluding steroid dienone is 2. The van der Waals surface area contributed by atoms with E-state index < -0.39 is 23.6 Å². The molecule has 0 radical (unpaired) electrons. The Morgan fingerprint density at radius 1 is 1.06 bits per heavy atom. The lowest BCUT2D eigenvalue weighted by molar-refractivity contribution is -0.149. The highest BCUT2D eigenvalue weighted by Crippen LogP contribution is 2.72. The van der Waals surface area contributed by atoms with Crippen LogP contribution in [0.5, 0.6) is 0 Å². The van der Waals surface area contributed by atoms with E-state index in [2.05, 4.69) is 41.2 Å². The predicted molar refractivity (Wildman–Crippen MR) is 142 cm³/mol. The van der Waals surface area contributed by atoms with Gasteiger partial charge in [0, 0.05) is 5.92 Å². The zero-order valence-electron chi connectivity index (χ0n) is 23.7. The van der Waals surface area contributed by atoms with E-state index in [4.69, 9.17) is 0 Å². The average Bonchev–Trinajstić information content (AvgIpc) is 2.96. The second kappa shape index (κ2) is 8.68. The van der Waals surface area contributed by atoms with Crippen LogP contribution in [0.25, 0.3) is 0 Å². The van der Waals surface area contributed by atoms with Gasteiger partial charge < -0.3 is 20.4 Å². The van der Waals surface area contributed by atoms with Crippen LogP contribution in [0.3, 0.4) is 0 Å². The molecule has 4 rings (SSSR count). The van der Waals surface area contributed by atoms with E-state index in [9.17, 15) is 25.2 Å². The SMILES string of the molecule is C=C(CC[C@@H](C(=O)O)[C@H]1[C@H](O)C[C@@]2(C)C3=C(CC[C@]12C)[C@@]1(C)CC[C@@H](O)C(C)(C)[C@@H]1CC3)C(C)(C)O. The molecule has 4 aliphatic rings. The highest BCUT2D eigenvalue weighted by molar-refractivity contribution is 5.71. The Morgan fingerprint density at radius 3 is 2.28 bits per heavy atom. The van der Waals surface area contributed by atoms with Crippen LogP contribution in [0, 0.1) is 39.4 Å². The van der Waals surface area contributed by atoms with Crippen molar-refractivity contribution in [3.63, 3.8) is 0 Å². The summed E-state index contributed by atoms with van der Waals surface area (Å²) >= 11 is 0. The van der Waals surface area contributed by atoms with Crippen LogP contribution in [-0.2, 0) is 4.79 Å². The van der Waals surface area contributed by atoms with Gasteiger partial charge >= 0.3 is 5.97 Å². The smallest absolute Gasteiger partial charge is 0.306 e. The molecule has 0 aromatic carbocycles. The van der Waals surface area contributed by atoms with Gasteiger partial charge in [-0.3, -0.25) is 4.79 Å². The summed E-state index contributed by atoms with van der Waals surface area (Å²) < 4.78 is 0. The van der Waals surface area contributed by atoms with Gasteiger partial charge in [0.15, 0.2) is 0 Å². The third-order valence-corrected chi connectivity index (χ3v) is 12.2. The molecule has 0 amide bonds. The van der Waals surface area contributed by atoms with Crippen LogP contribution in [0.15, 0.2) is 23.3 Å². The second-order valence-electron chi connectivity index (χ2n) is 14.5. The summed E-state index contributed by atoms with van der Waals surface area (Å²) in [4.78, 5) is 12.6. The molecule has 0 aromatic rings. The van der Waals surface area contributed by atoms with Crippen molar-refractivity contribution in [3.05, 3.63) is 23.3 Å². The van der Waals surface area contributed by atoms with Crippen LogP contribution in [0.1, 0.15) is 106 Å². The fourth-order valence-electron chi connectivity index (χ4n) is 9.59. The first-order valence-corrected chi connectivity index (χ1v) is 14.1. The van der Waals surface area contributed by atoms with Crippen molar-refractivity contribution in [3.8, 4) is 0 Å². The summed E-state index contributed by atoms with van der Waals surface area (Å²) in [5.74, 6) is -1.43. The van der Waals surface area contributed by atoms with E-state index in [1.807, 2.05) is 0 Å². The normalized spacial score (nSPS) is 42.8. The minimum atomic E-state index is -1.05. The van der Waals surface area contributed by atoms with Gasteiger partial charge in [0.1, 0.15) is 0 Å². The van der Waals surface area contributed by atoms with Crippen molar-refractivity contribution in [2.24, 2.45) is 39.4 Å². The summed E-state index contributed by atoms with van der Waals surface area (Å²) in [6.07, 6.45) is 6.15. The number of aliphatic hydroxyl groups excluding tert-OH is 2. The molecule has 0 bridgehead atoms. The Kier molecular flexibility index (Phi) is 6.71. The van der Waals surface area contributed by atoms with Crippen molar-refractivity contribution >= 4 is 5.97 Å². The minimum absolute atomic E-state index is 0.0559. The number of carboxylic acid groups (broad SMARTS) is 1. The number of hydrogen-bond acceptors (Lipinski definition) is 4. The Hall–Kier alpha value is -1.17. The van der Waals surface area contributed by atoms with Gasteiger partial charge in [0.25, 0.3) is 0 Å². The number of fused-ring (bicyclic) bond motifs is 4. The lowest BCUT2D eigenvalue weighted by atomic mass is 9.43. The Bertz CT molecular complexity index is 957. The number of rotatable bonds is 6. The molecule has 0 aliphatic heterocycles. The van der Waals surface area contributed by atoms with Crippen molar-refractivity contribution in [2.75, 3.05) is 0 Å². The van der Waals surface area contributed by atoms with Crippen LogP contribution in [-0.4, -0.2) is 44.2 Å². The highest BCUT2D eigenvalue weighted by Gasteiger charge is 2.66. The Balaban J connectivity index is 1.71. The predicted octanol–water partition coefficient (Wildman–Crippen LogP) is 5.88. The maximum absolute atomic E-state index is 12.6. The van der Waals surface area contributed by atoms with Crippen LogP contribution in [0.2, 0.25) is 0 Å². The summed E-state index contributed by atoms with van der Waals surface area (Å²) in [5.41, 5.74) is 2.01. The highest BCUT2D eigenvalue weighted by atomic mass is 16.4. The maximum atomic E-state index is 12.6. The molecule has 4 aliphatic carbocycles. The van der Waals surface area contributed by atoms with Crippen LogP contribution >= 0.6 is 0 Å². The monoisotopic (exact) mass is 502 g/mol. The van der Waals surface area contributed by atoms with Crippen LogP contribution < -0.4 is 0 Å². The lowest BCUT2D eigenvalue weighted by Gasteiger charge is -2.62. The van der Waals surface area contributed by atoms with E-state index in [-0.39, 0.29) is 33.7 Å². The molecule has 2 fully saturated rings. The topological polar surface area (TPSA) is 98.0 Å².